The van der Waals surface area contributed by atoms with Crippen LogP contribution >= 0.6 is 0 Å². The van der Waals surface area contributed by atoms with Crippen molar-refractivity contribution in [2.75, 3.05) is 13.6 Å². The van der Waals surface area contributed by atoms with Crippen LogP contribution in [0.15, 0.2) is 0 Å². The van der Waals surface area contributed by atoms with Gasteiger partial charge in [0.1, 0.15) is 0 Å². The second kappa shape index (κ2) is 9.21. The predicted octanol–water partition coefficient (Wildman–Crippen LogP) is 4.32. The standard InChI is InChI=1S/C14H31N/c1-6-8-9-11-14(10-7-2)15(5)12-13(3)4/h13-14H,6-12H2,1-5H3. The van der Waals surface area contributed by atoms with Gasteiger partial charge >= 0.3 is 0 Å². The van der Waals surface area contributed by atoms with Crippen molar-refractivity contribution in [1.29, 1.82) is 0 Å². The number of unbranched alkanes of at least 4 members (excludes halogenated alkanes) is 2. The maximum atomic E-state index is 2.57. The van der Waals surface area contributed by atoms with E-state index in [1.54, 1.807) is 0 Å². The Kier molecular flexibility index (Phi) is 9.18. The van der Waals surface area contributed by atoms with Crippen LogP contribution < -0.4 is 0 Å². The minimum atomic E-state index is 0.792. The molecule has 0 aliphatic heterocycles. The molecule has 0 heterocycles. The highest BCUT2D eigenvalue weighted by Crippen LogP contribution is 2.15. The summed E-state index contributed by atoms with van der Waals surface area (Å²) in [6.07, 6.45) is 8.23. The van der Waals surface area contributed by atoms with Gasteiger partial charge in [0.15, 0.2) is 0 Å². The lowest BCUT2D eigenvalue weighted by Gasteiger charge is -2.29. The van der Waals surface area contributed by atoms with E-state index in [2.05, 4.69) is 39.6 Å². The molecule has 0 aliphatic carbocycles. The molecule has 0 N–H and O–H groups in total. The summed E-state index contributed by atoms with van der Waals surface area (Å²) >= 11 is 0. The summed E-state index contributed by atoms with van der Waals surface area (Å²) in [4.78, 5) is 2.57. The molecule has 1 unspecified atom stereocenters. The van der Waals surface area contributed by atoms with Gasteiger partial charge in [0, 0.05) is 12.6 Å². The maximum absolute atomic E-state index is 2.57. The van der Waals surface area contributed by atoms with E-state index in [0.29, 0.717) is 0 Å². The highest BCUT2D eigenvalue weighted by molar-refractivity contribution is 4.69. The van der Waals surface area contributed by atoms with E-state index in [4.69, 9.17) is 0 Å². The van der Waals surface area contributed by atoms with Gasteiger partial charge in [0.25, 0.3) is 0 Å². The van der Waals surface area contributed by atoms with Crippen LogP contribution in [0.1, 0.15) is 66.2 Å². The first-order chi connectivity index (χ1) is 7.11. The van der Waals surface area contributed by atoms with E-state index in [9.17, 15) is 0 Å². The molecule has 1 nitrogen and oxygen atoms in total. The van der Waals surface area contributed by atoms with E-state index in [0.717, 1.165) is 12.0 Å². The fourth-order valence-corrected chi connectivity index (χ4v) is 2.27. The third-order valence-corrected chi connectivity index (χ3v) is 3.04. The Balaban J connectivity index is 3.88. The summed E-state index contributed by atoms with van der Waals surface area (Å²) in [5.41, 5.74) is 0. The fourth-order valence-electron chi connectivity index (χ4n) is 2.27. The van der Waals surface area contributed by atoms with E-state index in [1.807, 2.05) is 0 Å². The van der Waals surface area contributed by atoms with Crippen molar-refractivity contribution < 1.29 is 0 Å². The zero-order valence-electron chi connectivity index (χ0n) is 11.6. The Morgan fingerprint density at radius 3 is 2.07 bits per heavy atom. The molecule has 0 saturated carbocycles. The summed E-state index contributed by atoms with van der Waals surface area (Å²) in [6.45, 7) is 10.5. The van der Waals surface area contributed by atoms with Crippen molar-refractivity contribution in [3.63, 3.8) is 0 Å². The zero-order valence-corrected chi connectivity index (χ0v) is 11.6. The molecular weight excluding hydrogens is 182 g/mol. The molecule has 0 bridgehead atoms. The highest BCUT2D eigenvalue weighted by Gasteiger charge is 2.13. The number of nitrogens with zero attached hydrogens (tertiary/aromatic N) is 1. The Hall–Kier alpha value is -0.0400. The summed E-state index contributed by atoms with van der Waals surface area (Å²) in [6, 6.07) is 0.823. The third-order valence-electron chi connectivity index (χ3n) is 3.04. The van der Waals surface area contributed by atoms with Crippen LogP contribution in [0.5, 0.6) is 0 Å². The van der Waals surface area contributed by atoms with Gasteiger partial charge in [-0.15, -0.1) is 0 Å². The van der Waals surface area contributed by atoms with E-state index < -0.39 is 0 Å². The van der Waals surface area contributed by atoms with Crippen LogP contribution in [0.2, 0.25) is 0 Å². The third kappa shape index (κ3) is 7.84. The maximum Gasteiger partial charge on any atom is 0.00922 e. The molecule has 0 amide bonds. The van der Waals surface area contributed by atoms with Gasteiger partial charge in [-0.3, -0.25) is 0 Å². The molecule has 0 aromatic heterocycles. The Morgan fingerprint density at radius 1 is 0.933 bits per heavy atom. The minimum absolute atomic E-state index is 0.792. The quantitative estimate of drug-likeness (QED) is 0.515. The molecule has 1 atom stereocenters. The Labute approximate surface area is 97.2 Å². The SMILES string of the molecule is CCCCCC(CCC)N(C)CC(C)C. The van der Waals surface area contributed by atoms with Gasteiger partial charge < -0.3 is 4.90 Å². The Morgan fingerprint density at radius 2 is 1.60 bits per heavy atom. The van der Waals surface area contributed by atoms with E-state index in [1.165, 1.54) is 45.1 Å². The lowest BCUT2D eigenvalue weighted by Crippen LogP contribution is -2.34. The summed E-state index contributed by atoms with van der Waals surface area (Å²) in [5.74, 6) is 0.792. The normalized spacial score (nSPS) is 13.8. The van der Waals surface area contributed by atoms with E-state index in [-0.39, 0.29) is 0 Å². The summed E-state index contributed by atoms with van der Waals surface area (Å²) in [5, 5.41) is 0. The molecular formula is C14H31N. The van der Waals surface area contributed by atoms with Crippen molar-refractivity contribution in [3.8, 4) is 0 Å². The van der Waals surface area contributed by atoms with Crippen molar-refractivity contribution in [2.45, 2.75) is 72.3 Å². The molecule has 0 aromatic rings. The average molecular weight is 213 g/mol. The molecule has 92 valence electrons. The molecule has 15 heavy (non-hydrogen) atoms. The van der Waals surface area contributed by atoms with Crippen molar-refractivity contribution in [2.24, 2.45) is 5.92 Å². The highest BCUT2D eigenvalue weighted by atomic mass is 15.1. The van der Waals surface area contributed by atoms with Crippen LogP contribution in [0, 0.1) is 5.92 Å². The summed E-state index contributed by atoms with van der Waals surface area (Å²) in [7, 11) is 2.30. The first-order valence-corrected chi connectivity index (χ1v) is 6.82. The minimum Gasteiger partial charge on any atom is -0.303 e. The fraction of sp³-hybridized carbons (Fsp3) is 1.00. The van der Waals surface area contributed by atoms with Crippen molar-refractivity contribution in [3.05, 3.63) is 0 Å². The molecule has 0 aliphatic rings. The van der Waals surface area contributed by atoms with Gasteiger partial charge in [-0.25, -0.2) is 0 Å². The predicted molar refractivity (Wildman–Crippen MR) is 70.3 cm³/mol. The number of rotatable bonds is 9. The topological polar surface area (TPSA) is 3.24 Å². The van der Waals surface area contributed by atoms with Crippen LogP contribution in [-0.4, -0.2) is 24.5 Å². The average Bonchev–Trinajstić information content (AvgIpc) is 2.15. The largest absolute Gasteiger partial charge is 0.303 e. The first-order valence-electron chi connectivity index (χ1n) is 6.82. The van der Waals surface area contributed by atoms with Gasteiger partial charge in [-0.05, 0) is 25.8 Å². The molecule has 0 aromatic carbocycles. The number of hydrogen-bond donors (Lipinski definition) is 0. The lowest BCUT2D eigenvalue weighted by atomic mass is 10.0. The van der Waals surface area contributed by atoms with Crippen LogP contribution in [0.4, 0.5) is 0 Å². The zero-order chi connectivity index (χ0) is 11.7. The van der Waals surface area contributed by atoms with Crippen molar-refractivity contribution >= 4 is 0 Å². The molecule has 0 radical (unpaired) electrons. The lowest BCUT2D eigenvalue weighted by molar-refractivity contribution is 0.192. The molecule has 0 spiro atoms. The van der Waals surface area contributed by atoms with Gasteiger partial charge in [0.05, 0.1) is 0 Å². The van der Waals surface area contributed by atoms with Gasteiger partial charge in [-0.1, -0.05) is 53.4 Å². The second-order valence-corrected chi connectivity index (χ2v) is 5.27. The van der Waals surface area contributed by atoms with Crippen LogP contribution in [0.3, 0.4) is 0 Å². The second-order valence-electron chi connectivity index (χ2n) is 5.27. The van der Waals surface area contributed by atoms with Crippen LogP contribution in [-0.2, 0) is 0 Å². The number of hydrogen-bond acceptors (Lipinski definition) is 1. The molecule has 0 fully saturated rings. The summed E-state index contributed by atoms with van der Waals surface area (Å²) < 4.78 is 0. The smallest absolute Gasteiger partial charge is 0.00922 e. The Bertz CT molecular complexity index is 131. The molecule has 0 rings (SSSR count). The molecule has 1 heteroatoms. The van der Waals surface area contributed by atoms with Crippen LogP contribution in [0.25, 0.3) is 0 Å². The molecule has 0 saturated heterocycles. The first kappa shape index (κ1) is 15.0. The monoisotopic (exact) mass is 213 g/mol. The van der Waals surface area contributed by atoms with Crippen molar-refractivity contribution in [1.82, 2.24) is 4.90 Å². The van der Waals surface area contributed by atoms with Gasteiger partial charge in [-0.2, -0.15) is 0 Å². The van der Waals surface area contributed by atoms with E-state index >= 15 is 0 Å². The van der Waals surface area contributed by atoms with Gasteiger partial charge in [0.2, 0.25) is 0 Å².